The lowest BCUT2D eigenvalue weighted by molar-refractivity contribution is 0.0616. The number of nitrogens with zero attached hydrogens (tertiary/aromatic N) is 4. The van der Waals surface area contributed by atoms with Crippen LogP contribution in [0.4, 0.5) is 0 Å². The summed E-state index contributed by atoms with van der Waals surface area (Å²) in [5.41, 5.74) is 0.696. The highest BCUT2D eigenvalue weighted by molar-refractivity contribution is 5.79. The van der Waals surface area contributed by atoms with E-state index in [9.17, 15) is 5.11 Å². The van der Waals surface area contributed by atoms with Gasteiger partial charge in [0.25, 0.3) is 0 Å². The number of hydrogen-bond donors (Lipinski definition) is 3. The van der Waals surface area contributed by atoms with Crippen molar-refractivity contribution in [2.45, 2.75) is 32.9 Å². The van der Waals surface area contributed by atoms with Crippen molar-refractivity contribution in [3.63, 3.8) is 0 Å². The van der Waals surface area contributed by atoms with Crippen molar-refractivity contribution >= 4 is 5.96 Å². The molecule has 2 aromatic rings. The number of pyridine rings is 1. The summed E-state index contributed by atoms with van der Waals surface area (Å²) in [6.45, 7) is 7.76. The maximum absolute atomic E-state index is 10.7. The fraction of sp³-hybridized carbons (Fsp3) is 0.500. The van der Waals surface area contributed by atoms with Crippen LogP contribution in [0.2, 0.25) is 0 Å². The van der Waals surface area contributed by atoms with Gasteiger partial charge in [0, 0.05) is 37.6 Å². The fourth-order valence-corrected chi connectivity index (χ4v) is 2.34. The molecule has 0 aromatic carbocycles. The predicted octanol–water partition coefficient (Wildman–Crippen LogP) is 1.18. The van der Waals surface area contributed by atoms with Crippen molar-refractivity contribution in [2.24, 2.45) is 12.0 Å². The van der Waals surface area contributed by atoms with Crippen LogP contribution in [0.25, 0.3) is 0 Å². The minimum atomic E-state index is -1.05. The Bertz CT molecular complexity index is 726. The third kappa shape index (κ3) is 5.73. The summed E-state index contributed by atoms with van der Waals surface area (Å²) in [4.78, 5) is 8.72. The van der Waals surface area contributed by atoms with Crippen LogP contribution in [0.15, 0.2) is 35.7 Å². The van der Waals surface area contributed by atoms with Gasteiger partial charge in [-0.15, -0.1) is 0 Å². The molecule has 0 saturated carbocycles. The number of aliphatic hydroxyl groups is 1. The number of rotatable bonds is 8. The first kappa shape index (κ1) is 19.7. The van der Waals surface area contributed by atoms with Gasteiger partial charge in [0.15, 0.2) is 5.96 Å². The van der Waals surface area contributed by atoms with Crippen LogP contribution in [0.3, 0.4) is 0 Å². The van der Waals surface area contributed by atoms with E-state index in [1.807, 2.05) is 33.0 Å². The summed E-state index contributed by atoms with van der Waals surface area (Å²) in [6.07, 6.45) is 5.18. The average molecular weight is 360 g/mol. The Kier molecular flexibility index (Phi) is 6.97. The second-order valence-corrected chi connectivity index (χ2v) is 6.16. The number of aliphatic imine (C=N–C) groups is 1. The van der Waals surface area contributed by atoms with Gasteiger partial charge in [0.2, 0.25) is 5.88 Å². The van der Waals surface area contributed by atoms with Gasteiger partial charge in [-0.25, -0.2) is 9.98 Å². The van der Waals surface area contributed by atoms with Crippen LogP contribution in [0.5, 0.6) is 5.88 Å². The summed E-state index contributed by atoms with van der Waals surface area (Å²) in [5.74, 6) is 1.23. The Morgan fingerprint density at radius 3 is 2.85 bits per heavy atom. The van der Waals surface area contributed by atoms with Gasteiger partial charge in [0.1, 0.15) is 5.60 Å². The molecule has 0 saturated heterocycles. The second kappa shape index (κ2) is 9.19. The molecule has 0 fully saturated rings. The van der Waals surface area contributed by atoms with Gasteiger partial charge >= 0.3 is 0 Å². The topological polar surface area (TPSA) is 96.6 Å². The lowest BCUT2D eigenvalue weighted by atomic mass is 10.00. The lowest BCUT2D eigenvalue weighted by Gasteiger charge is -2.23. The van der Waals surface area contributed by atoms with Crippen molar-refractivity contribution < 1.29 is 9.84 Å². The number of guanidine groups is 1. The van der Waals surface area contributed by atoms with E-state index in [1.54, 1.807) is 30.2 Å². The molecule has 3 N–H and O–H groups in total. The van der Waals surface area contributed by atoms with Crippen molar-refractivity contribution in [3.8, 4) is 5.88 Å². The zero-order chi connectivity index (χ0) is 19.0. The van der Waals surface area contributed by atoms with Crippen LogP contribution >= 0.6 is 0 Å². The molecule has 142 valence electrons. The van der Waals surface area contributed by atoms with Gasteiger partial charge in [0.05, 0.1) is 25.9 Å². The van der Waals surface area contributed by atoms with Crippen LogP contribution in [0.1, 0.15) is 31.9 Å². The SMILES string of the molecule is CCNC(=NCc1ccnc(OCC)c1)NCC(C)(O)c1cnn(C)c1. The van der Waals surface area contributed by atoms with Crippen LogP contribution in [-0.4, -0.2) is 45.5 Å². The molecule has 0 aliphatic rings. The van der Waals surface area contributed by atoms with Crippen LogP contribution < -0.4 is 15.4 Å². The lowest BCUT2D eigenvalue weighted by Crippen LogP contribution is -2.44. The summed E-state index contributed by atoms with van der Waals surface area (Å²) >= 11 is 0. The molecular formula is C18H28N6O2. The maximum atomic E-state index is 10.7. The van der Waals surface area contributed by atoms with E-state index in [1.165, 1.54) is 0 Å². The van der Waals surface area contributed by atoms with E-state index < -0.39 is 5.60 Å². The van der Waals surface area contributed by atoms with E-state index in [0.717, 1.165) is 17.7 Å². The number of ether oxygens (including phenoxy) is 1. The normalized spacial score (nSPS) is 14.0. The highest BCUT2D eigenvalue weighted by atomic mass is 16.5. The van der Waals surface area contributed by atoms with Crippen molar-refractivity contribution in [1.29, 1.82) is 0 Å². The molecular weight excluding hydrogens is 332 g/mol. The van der Waals surface area contributed by atoms with E-state index in [-0.39, 0.29) is 0 Å². The Labute approximate surface area is 154 Å². The summed E-state index contributed by atoms with van der Waals surface area (Å²) in [7, 11) is 1.82. The fourth-order valence-electron chi connectivity index (χ4n) is 2.34. The second-order valence-electron chi connectivity index (χ2n) is 6.16. The Morgan fingerprint density at radius 1 is 1.38 bits per heavy atom. The number of hydrogen-bond acceptors (Lipinski definition) is 5. The zero-order valence-electron chi connectivity index (χ0n) is 15.9. The van der Waals surface area contributed by atoms with E-state index in [0.29, 0.717) is 31.5 Å². The Balaban J connectivity index is 2.01. The van der Waals surface area contributed by atoms with E-state index in [2.05, 4.69) is 25.7 Å². The maximum Gasteiger partial charge on any atom is 0.213 e. The number of nitrogens with one attached hydrogen (secondary N) is 2. The third-order valence-electron chi connectivity index (χ3n) is 3.78. The Morgan fingerprint density at radius 2 is 2.19 bits per heavy atom. The van der Waals surface area contributed by atoms with Crippen LogP contribution in [0, 0.1) is 0 Å². The molecule has 1 atom stereocenters. The van der Waals surface area contributed by atoms with Gasteiger partial charge in [-0.3, -0.25) is 4.68 Å². The number of aromatic nitrogens is 3. The van der Waals surface area contributed by atoms with E-state index in [4.69, 9.17) is 4.74 Å². The molecule has 0 spiro atoms. The molecule has 8 nitrogen and oxygen atoms in total. The highest BCUT2D eigenvalue weighted by Gasteiger charge is 2.24. The standard InChI is InChI=1S/C18H28N6O2/c1-5-19-17(21-10-14-7-8-20-16(9-14)26-6-2)22-13-18(3,25)15-11-23-24(4)12-15/h7-9,11-12,25H,5-6,10,13H2,1-4H3,(H2,19,21,22). The molecule has 1 unspecified atom stereocenters. The monoisotopic (exact) mass is 360 g/mol. The molecule has 0 aliphatic carbocycles. The minimum absolute atomic E-state index is 0.311. The smallest absolute Gasteiger partial charge is 0.213 e. The summed E-state index contributed by atoms with van der Waals surface area (Å²) < 4.78 is 7.08. The first-order chi connectivity index (χ1) is 12.4. The highest BCUT2D eigenvalue weighted by Crippen LogP contribution is 2.18. The predicted molar refractivity (Wildman–Crippen MR) is 101 cm³/mol. The van der Waals surface area contributed by atoms with Gasteiger partial charge in [-0.2, -0.15) is 5.10 Å². The third-order valence-corrected chi connectivity index (χ3v) is 3.78. The molecule has 8 heteroatoms. The number of aryl methyl sites for hydroxylation is 1. The van der Waals surface area contributed by atoms with Crippen molar-refractivity contribution in [1.82, 2.24) is 25.4 Å². The molecule has 2 heterocycles. The molecule has 0 bridgehead atoms. The van der Waals surface area contributed by atoms with E-state index >= 15 is 0 Å². The van der Waals surface area contributed by atoms with Crippen molar-refractivity contribution in [2.75, 3.05) is 19.7 Å². The van der Waals surface area contributed by atoms with Crippen LogP contribution in [-0.2, 0) is 19.2 Å². The molecule has 0 aliphatic heterocycles. The molecule has 0 radical (unpaired) electrons. The van der Waals surface area contributed by atoms with Crippen molar-refractivity contribution in [3.05, 3.63) is 41.9 Å². The molecule has 0 amide bonds. The minimum Gasteiger partial charge on any atom is -0.478 e. The Hall–Kier alpha value is -2.61. The van der Waals surface area contributed by atoms with Gasteiger partial charge < -0.3 is 20.5 Å². The quantitative estimate of drug-likeness (QED) is 0.483. The summed E-state index contributed by atoms with van der Waals surface area (Å²) in [6, 6.07) is 3.78. The first-order valence-corrected chi connectivity index (χ1v) is 8.76. The molecule has 2 rings (SSSR count). The zero-order valence-corrected chi connectivity index (χ0v) is 15.9. The first-order valence-electron chi connectivity index (χ1n) is 8.76. The van der Waals surface area contributed by atoms with Gasteiger partial charge in [-0.05, 0) is 32.4 Å². The summed E-state index contributed by atoms with van der Waals surface area (Å²) in [5, 5.41) is 21.2. The molecule has 2 aromatic heterocycles. The average Bonchev–Trinajstić information content (AvgIpc) is 3.05. The molecule has 26 heavy (non-hydrogen) atoms. The van der Waals surface area contributed by atoms with Gasteiger partial charge in [-0.1, -0.05) is 0 Å². The largest absolute Gasteiger partial charge is 0.478 e.